The lowest BCUT2D eigenvalue weighted by Gasteiger charge is -2.40. The second-order valence-corrected chi connectivity index (χ2v) is 12.5. The fourth-order valence-electron chi connectivity index (χ4n) is 4.77. The van der Waals surface area contributed by atoms with E-state index in [1.807, 2.05) is 0 Å². The quantitative estimate of drug-likeness (QED) is 0.378. The summed E-state index contributed by atoms with van der Waals surface area (Å²) in [6.07, 6.45) is 6.20. The predicted octanol–water partition coefficient (Wildman–Crippen LogP) is 7.51. The molecule has 2 aliphatic rings. The van der Waals surface area contributed by atoms with Crippen LogP contribution in [-0.4, -0.2) is 5.71 Å². The van der Waals surface area contributed by atoms with E-state index in [0.717, 1.165) is 11.0 Å². The molecule has 1 aliphatic heterocycles. The molecule has 1 aliphatic carbocycles. The second kappa shape index (κ2) is 9.17. The molecular weight excluding hydrogens is 427 g/mol. The molecule has 1 unspecified atom stereocenters. The third-order valence-electron chi connectivity index (χ3n) is 6.50. The highest BCUT2D eigenvalue weighted by Crippen LogP contribution is 2.59. The molecule has 1 saturated carbocycles. The summed E-state index contributed by atoms with van der Waals surface area (Å²) in [7, 11) is 0. The Hall–Kier alpha value is -2.48. The van der Waals surface area contributed by atoms with Crippen molar-refractivity contribution in [3.05, 3.63) is 102 Å². The zero-order chi connectivity index (χ0) is 22.0. The minimum atomic E-state index is -2.47. The van der Waals surface area contributed by atoms with Crippen molar-refractivity contribution in [3.63, 3.8) is 0 Å². The van der Waals surface area contributed by atoms with Crippen molar-refractivity contribution in [2.75, 3.05) is 4.67 Å². The third kappa shape index (κ3) is 4.12. The van der Waals surface area contributed by atoms with Crippen LogP contribution in [0.15, 0.2) is 95.8 Å². The van der Waals surface area contributed by atoms with Crippen LogP contribution in [-0.2, 0) is 11.8 Å². The molecule has 0 aromatic heterocycles. The fraction of sp³-hybridized carbons (Fsp3) is 0.250. The Kier molecular flexibility index (Phi) is 6.13. The van der Waals surface area contributed by atoms with Gasteiger partial charge in [0.25, 0.3) is 0 Å². The molecule has 1 fully saturated rings. The van der Waals surface area contributed by atoms with E-state index < -0.39 is 6.34 Å². The number of aryl methyl sites for hydroxylation is 1. The van der Waals surface area contributed by atoms with Crippen LogP contribution in [0.1, 0.15) is 43.2 Å². The Labute approximate surface area is 196 Å². The van der Waals surface area contributed by atoms with Crippen molar-refractivity contribution in [1.82, 2.24) is 0 Å². The van der Waals surface area contributed by atoms with Crippen LogP contribution in [0.4, 0.5) is 5.69 Å². The Bertz CT molecular complexity index is 1180. The van der Waals surface area contributed by atoms with Crippen molar-refractivity contribution < 1.29 is 0 Å². The van der Waals surface area contributed by atoms with Gasteiger partial charge >= 0.3 is 0 Å². The van der Waals surface area contributed by atoms with Gasteiger partial charge in [-0.25, -0.2) is 4.76 Å². The van der Waals surface area contributed by atoms with Gasteiger partial charge in [-0.15, -0.1) is 0 Å². The van der Waals surface area contributed by atoms with E-state index in [9.17, 15) is 0 Å². The number of allylic oxidation sites excluding steroid dienone is 1. The van der Waals surface area contributed by atoms with Gasteiger partial charge in [0, 0.05) is 22.6 Å². The van der Waals surface area contributed by atoms with Crippen LogP contribution in [0.3, 0.4) is 0 Å². The van der Waals surface area contributed by atoms with Crippen molar-refractivity contribution in [2.45, 2.75) is 39.0 Å². The van der Waals surface area contributed by atoms with E-state index in [4.69, 9.17) is 16.6 Å². The molecule has 2 nitrogen and oxygen atoms in total. The number of nitrogens with zero attached hydrogens (tertiary/aromatic N) is 2. The van der Waals surface area contributed by atoms with Crippen molar-refractivity contribution >= 4 is 40.5 Å². The molecule has 162 valence electrons. The summed E-state index contributed by atoms with van der Waals surface area (Å²) in [5, 5.41) is 1.14. The lowest BCUT2D eigenvalue weighted by Crippen LogP contribution is -2.30. The Morgan fingerprint density at radius 3 is 2.09 bits per heavy atom. The average molecular weight is 457 g/mol. The Morgan fingerprint density at radius 1 is 0.812 bits per heavy atom. The number of rotatable bonds is 4. The maximum absolute atomic E-state index is 6.59. The van der Waals surface area contributed by atoms with E-state index in [1.165, 1.54) is 54.6 Å². The van der Waals surface area contributed by atoms with Crippen LogP contribution in [0.2, 0.25) is 0 Å². The molecule has 1 atom stereocenters. The molecule has 4 heteroatoms. The van der Waals surface area contributed by atoms with Gasteiger partial charge in [-0.05, 0) is 55.3 Å². The lowest BCUT2D eigenvalue weighted by atomic mass is 9.85. The first-order chi connectivity index (χ1) is 15.6. The van der Waals surface area contributed by atoms with Crippen molar-refractivity contribution in [2.24, 2.45) is 10.7 Å². The summed E-state index contributed by atoms with van der Waals surface area (Å²) >= 11 is 6.59. The molecule has 0 radical (unpaired) electrons. The van der Waals surface area contributed by atoms with Crippen molar-refractivity contribution in [3.8, 4) is 0 Å². The van der Waals surface area contributed by atoms with Crippen LogP contribution < -0.4 is 9.97 Å². The number of anilines is 1. The first-order valence-electron chi connectivity index (χ1n) is 11.6. The van der Waals surface area contributed by atoms with Gasteiger partial charge in [0.2, 0.25) is 0 Å². The molecule has 0 N–H and O–H groups in total. The maximum atomic E-state index is 6.59. The Balaban J connectivity index is 1.74. The second-order valence-electron chi connectivity index (χ2n) is 8.78. The number of hydrogen-bond acceptors (Lipinski definition) is 1. The maximum Gasteiger partial charge on any atom is 0.176 e. The highest BCUT2D eigenvalue weighted by molar-refractivity contribution is 8.18. The largest absolute Gasteiger partial charge is 0.292 e. The first kappa shape index (κ1) is 21.4. The van der Waals surface area contributed by atoms with Gasteiger partial charge < -0.3 is 0 Å². The van der Waals surface area contributed by atoms with Crippen LogP contribution in [0, 0.1) is 12.8 Å². The molecule has 1 heterocycles. The van der Waals surface area contributed by atoms with E-state index in [-0.39, 0.29) is 0 Å². The minimum Gasteiger partial charge on any atom is -0.292 e. The monoisotopic (exact) mass is 456 g/mol. The molecular formula is C28H29N2PS. The molecule has 32 heavy (non-hydrogen) atoms. The van der Waals surface area contributed by atoms with Crippen LogP contribution in [0.5, 0.6) is 0 Å². The van der Waals surface area contributed by atoms with Gasteiger partial charge in [-0.1, -0.05) is 97.6 Å². The highest BCUT2D eigenvalue weighted by atomic mass is 32.4. The van der Waals surface area contributed by atoms with Gasteiger partial charge in [0.1, 0.15) is 0 Å². The summed E-state index contributed by atoms with van der Waals surface area (Å²) in [5.74, 6) is 0.508. The van der Waals surface area contributed by atoms with E-state index in [2.05, 4.69) is 103 Å². The van der Waals surface area contributed by atoms with Crippen LogP contribution >= 0.6 is 6.34 Å². The topological polar surface area (TPSA) is 15.6 Å². The lowest BCUT2D eigenvalue weighted by molar-refractivity contribution is 0.441. The molecule has 0 amide bonds. The zero-order valence-electron chi connectivity index (χ0n) is 18.5. The SMILES string of the molecule is Cc1ccc(N2C(c3ccccc3)=CC(C3CCCCC3)=NP2(=S)c2ccccc2)cc1. The average Bonchev–Trinajstić information content (AvgIpc) is 2.86. The molecule has 0 bridgehead atoms. The highest BCUT2D eigenvalue weighted by Gasteiger charge is 2.36. The molecule has 5 rings (SSSR count). The van der Waals surface area contributed by atoms with Crippen LogP contribution in [0.25, 0.3) is 5.70 Å². The summed E-state index contributed by atoms with van der Waals surface area (Å²) in [5.41, 5.74) is 5.94. The Morgan fingerprint density at radius 2 is 1.44 bits per heavy atom. The predicted molar refractivity (Wildman–Crippen MR) is 142 cm³/mol. The fourth-order valence-corrected chi connectivity index (χ4v) is 8.40. The zero-order valence-corrected chi connectivity index (χ0v) is 20.2. The molecule has 3 aromatic rings. The molecule has 0 saturated heterocycles. The summed E-state index contributed by atoms with van der Waals surface area (Å²) in [4.78, 5) is 0. The van der Waals surface area contributed by atoms with Gasteiger partial charge in [0.15, 0.2) is 6.34 Å². The molecule has 3 aromatic carbocycles. The normalized spacial score (nSPS) is 21.7. The first-order valence-corrected chi connectivity index (χ1v) is 14.3. The molecule has 0 spiro atoms. The smallest absolute Gasteiger partial charge is 0.176 e. The van der Waals surface area contributed by atoms with Gasteiger partial charge in [0.05, 0.1) is 5.70 Å². The third-order valence-corrected chi connectivity index (χ3v) is 10.3. The summed E-state index contributed by atoms with van der Waals surface area (Å²) < 4.78 is 7.82. The van der Waals surface area contributed by atoms with Gasteiger partial charge in [-0.3, -0.25) is 4.67 Å². The number of benzene rings is 3. The summed E-state index contributed by atoms with van der Waals surface area (Å²) in [6.45, 7) is 2.13. The standard InChI is InChI=1S/C28H29N2PS/c1-22-17-19-25(20-18-22)30-28(24-13-7-3-8-14-24)21-27(23-11-5-2-6-12-23)29-31(30,32)26-15-9-4-10-16-26/h3-4,7-10,13-21,23H,2,5-6,11-12H2,1H3. The van der Waals surface area contributed by atoms with E-state index in [1.54, 1.807) is 0 Å². The van der Waals surface area contributed by atoms with E-state index >= 15 is 0 Å². The number of hydrogen-bond donors (Lipinski definition) is 0. The van der Waals surface area contributed by atoms with Crippen molar-refractivity contribution in [1.29, 1.82) is 0 Å². The van der Waals surface area contributed by atoms with E-state index in [0.29, 0.717) is 5.92 Å². The summed E-state index contributed by atoms with van der Waals surface area (Å²) in [6, 6.07) is 30.0. The minimum absolute atomic E-state index is 0.508. The van der Waals surface area contributed by atoms with Gasteiger partial charge in [-0.2, -0.15) is 0 Å².